The molecular formula is C15H27N3O. The Hall–Kier alpha value is -1.03. The molecule has 0 radical (unpaired) electrons. The Labute approximate surface area is 116 Å². The van der Waals surface area contributed by atoms with Crippen LogP contribution in [0.2, 0.25) is 0 Å². The van der Waals surface area contributed by atoms with E-state index in [9.17, 15) is 0 Å². The van der Waals surface area contributed by atoms with Crippen molar-refractivity contribution in [2.75, 3.05) is 12.3 Å². The van der Waals surface area contributed by atoms with Gasteiger partial charge >= 0.3 is 0 Å². The van der Waals surface area contributed by atoms with Crippen molar-refractivity contribution in [2.45, 2.75) is 70.9 Å². The number of ether oxygens (including phenoxy) is 1. The number of nitrogen functional groups attached to an aromatic ring is 1. The van der Waals surface area contributed by atoms with Gasteiger partial charge in [-0.3, -0.25) is 4.68 Å². The average Bonchev–Trinajstić information content (AvgIpc) is 2.63. The van der Waals surface area contributed by atoms with Gasteiger partial charge in [0, 0.05) is 23.8 Å². The minimum Gasteiger partial charge on any atom is -0.382 e. The molecule has 0 aliphatic heterocycles. The molecule has 1 aromatic rings. The maximum absolute atomic E-state index is 5.86. The summed E-state index contributed by atoms with van der Waals surface area (Å²) in [5, 5.41) is 4.47. The highest BCUT2D eigenvalue weighted by Crippen LogP contribution is 2.38. The first kappa shape index (κ1) is 14.4. The van der Waals surface area contributed by atoms with E-state index in [1.165, 1.54) is 12.1 Å². The zero-order valence-electron chi connectivity index (χ0n) is 12.6. The predicted octanol–water partition coefficient (Wildman–Crippen LogP) is 3.28. The van der Waals surface area contributed by atoms with Crippen LogP contribution in [0.25, 0.3) is 0 Å². The molecule has 1 aliphatic rings. The second kappa shape index (κ2) is 5.53. The van der Waals surface area contributed by atoms with Gasteiger partial charge in [-0.25, -0.2) is 0 Å². The quantitative estimate of drug-likeness (QED) is 0.831. The van der Waals surface area contributed by atoms with Crippen LogP contribution in [0.5, 0.6) is 0 Å². The molecular weight excluding hydrogens is 238 g/mol. The van der Waals surface area contributed by atoms with Crippen LogP contribution >= 0.6 is 0 Å². The van der Waals surface area contributed by atoms with E-state index in [2.05, 4.69) is 37.5 Å². The fourth-order valence-electron chi connectivity index (χ4n) is 2.52. The zero-order chi connectivity index (χ0) is 14.0. The summed E-state index contributed by atoms with van der Waals surface area (Å²) in [6.07, 6.45) is 4.89. The third-order valence-corrected chi connectivity index (χ3v) is 3.79. The van der Waals surface area contributed by atoms with E-state index in [4.69, 9.17) is 10.5 Å². The van der Waals surface area contributed by atoms with Crippen molar-refractivity contribution in [1.82, 2.24) is 9.78 Å². The number of nitrogens with zero attached hydrogens (tertiary/aromatic N) is 2. The van der Waals surface area contributed by atoms with Crippen molar-refractivity contribution in [3.63, 3.8) is 0 Å². The van der Waals surface area contributed by atoms with Crippen molar-refractivity contribution in [1.29, 1.82) is 0 Å². The van der Waals surface area contributed by atoms with Crippen LogP contribution in [-0.4, -0.2) is 22.5 Å². The predicted molar refractivity (Wildman–Crippen MR) is 78.3 cm³/mol. The van der Waals surface area contributed by atoms with Gasteiger partial charge in [0.25, 0.3) is 0 Å². The lowest BCUT2D eigenvalue weighted by molar-refractivity contribution is -0.0307. The summed E-state index contributed by atoms with van der Waals surface area (Å²) in [5.41, 5.74) is 7.17. The van der Waals surface area contributed by atoms with E-state index in [1.807, 2.05) is 6.07 Å². The fourth-order valence-corrected chi connectivity index (χ4v) is 2.52. The summed E-state index contributed by atoms with van der Waals surface area (Å²) >= 11 is 0. The highest BCUT2D eigenvalue weighted by atomic mass is 16.5. The lowest BCUT2D eigenvalue weighted by Gasteiger charge is -2.37. The molecule has 0 spiro atoms. The van der Waals surface area contributed by atoms with Crippen molar-refractivity contribution in [3.05, 3.63) is 11.8 Å². The van der Waals surface area contributed by atoms with Crippen molar-refractivity contribution in [2.24, 2.45) is 0 Å². The summed E-state index contributed by atoms with van der Waals surface area (Å²) in [6, 6.07) is 2.46. The molecule has 1 aliphatic carbocycles. The first-order valence-electron chi connectivity index (χ1n) is 7.39. The zero-order valence-corrected chi connectivity index (χ0v) is 12.6. The standard InChI is InChI=1S/C15H27N3O/c1-5-6-7-19-12-8-11(9-12)18-13(15(2,3)4)10-14(16)17-18/h10-12H,5-9H2,1-4H3,(H2,16,17). The molecule has 2 rings (SSSR count). The first-order valence-corrected chi connectivity index (χ1v) is 7.39. The molecule has 0 bridgehead atoms. The van der Waals surface area contributed by atoms with Crippen LogP contribution in [0.4, 0.5) is 5.82 Å². The highest BCUT2D eigenvalue weighted by Gasteiger charge is 2.35. The maximum atomic E-state index is 5.86. The number of hydrogen-bond donors (Lipinski definition) is 1. The normalized spacial score (nSPS) is 23.4. The molecule has 0 unspecified atom stereocenters. The molecule has 1 saturated carbocycles. The number of rotatable bonds is 5. The summed E-state index contributed by atoms with van der Waals surface area (Å²) in [4.78, 5) is 0. The highest BCUT2D eigenvalue weighted by molar-refractivity contribution is 5.33. The van der Waals surface area contributed by atoms with Gasteiger partial charge in [0.05, 0.1) is 12.1 Å². The molecule has 0 atom stereocenters. The summed E-state index contributed by atoms with van der Waals surface area (Å²) < 4.78 is 7.95. The third kappa shape index (κ3) is 3.30. The monoisotopic (exact) mass is 265 g/mol. The molecule has 0 saturated heterocycles. The van der Waals surface area contributed by atoms with E-state index in [0.29, 0.717) is 18.0 Å². The van der Waals surface area contributed by atoms with Crippen LogP contribution in [0.15, 0.2) is 6.07 Å². The molecule has 4 heteroatoms. The minimum absolute atomic E-state index is 0.0821. The van der Waals surface area contributed by atoms with E-state index >= 15 is 0 Å². The van der Waals surface area contributed by atoms with Crippen LogP contribution in [0.1, 0.15) is 65.1 Å². The van der Waals surface area contributed by atoms with E-state index in [1.54, 1.807) is 0 Å². The maximum Gasteiger partial charge on any atom is 0.145 e. The largest absolute Gasteiger partial charge is 0.382 e. The van der Waals surface area contributed by atoms with Crippen molar-refractivity contribution >= 4 is 5.82 Å². The number of nitrogens with two attached hydrogens (primary N) is 1. The Morgan fingerprint density at radius 1 is 1.42 bits per heavy atom. The van der Waals surface area contributed by atoms with Crippen molar-refractivity contribution in [3.8, 4) is 0 Å². The molecule has 1 heterocycles. The summed E-state index contributed by atoms with van der Waals surface area (Å²) in [5.74, 6) is 0.625. The Bertz CT molecular complexity index is 414. The Morgan fingerprint density at radius 2 is 2.11 bits per heavy atom. The second-order valence-electron chi connectivity index (χ2n) is 6.62. The lowest BCUT2D eigenvalue weighted by Crippen LogP contribution is -2.36. The van der Waals surface area contributed by atoms with Gasteiger partial charge in [0.1, 0.15) is 5.82 Å². The van der Waals surface area contributed by atoms with Gasteiger partial charge in [-0.15, -0.1) is 0 Å². The molecule has 0 aromatic carbocycles. The van der Waals surface area contributed by atoms with Crippen molar-refractivity contribution < 1.29 is 4.74 Å². The van der Waals surface area contributed by atoms with Crippen LogP contribution in [0.3, 0.4) is 0 Å². The molecule has 1 aromatic heterocycles. The topological polar surface area (TPSA) is 53.1 Å². The molecule has 108 valence electrons. The summed E-state index contributed by atoms with van der Waals surface area (Å²) in [6.45, 7) is 9.69. The molecule has 1 fully saturated rings. The van der Waals surface area contributed by atoms with E-state index < -0.39 is 0 Å². The third-order valence-electron chi connectivity index (χ3n) is 3.79. The van der Waals surface area contributed by atoms with Gasteiger partial charge in [-0.1, -0.05) is 34.1 Å². The Balaban J connectivity index is 1.94. The lowest BCUT2D eigenvalue weighted by atomic mass is 9.86. The van der Waals surface area contributed by atoms with E-state index in [-0.39, 0.29) is 5.41 Å². The second-order valence-corrected chi connectivity index (χ2v) is 6.62. The summed E-state index contributed by atoms with van der Waals surface area (Å²) in [7, 11) is 0. The number of anilines is 1. The minimum atomic E-state index is 0.0821. The van der Waals surface area contributed by atoms with Crippen LogP contribution in [0, 0.1) is 0 Å². The number of aromatic nitrogens is 2. The molecule has 19 heavy (non-hydrogen) atoms. The van der Waals surface area contributed by atoms with Gasteiger partial charge in [-0.2, -0.15) is 5.10 Å². The smallest absolute Gasteiger partial charge is 0.145 e. The Kier molecular flexibility index (Phi) is 4.19. The van der Waals surface area contributed by atoms with Gasteiger partial charge < -0.3 is 10.5 Å². The van der Waals surface area contributed by atoms with Gasteiger partial charge in [-0.05, 0) is 19.3 Å². The molecule has 0 amide bonds. The number of unbranched alkanes of at least 4 members (excludes halogenated alkanes) is 1. The molecule has 4 nitrogen and oxygen atoms in total. The fraction of sp³-hybridized carbons (Fsp3) is 0.800. The van der Waals surface area contributed by atoms with E-state index in [0.717, 1.165) is 25.9 Å². The number of hydrogen-bond acceptors (Lipinski definition) is 3. The van der Waals surface area contributed by atoms with Gasteiger partial charge in [0.2, 0.25) is 0 Å². The Morgan fingerprint density at radius 3 is 2.68 bits per heavy atom. The average molecular weight is 265 g/mol. The first-order chi connectivity index (χ1) is 8.91. The van der Waals surface area contributed by atoms with Gasteiger partial charge in [0.15, 0.2) is 0 Å². The van der Waals surface area contributed by atoms with Crippen LogP contribution < -0.4 is 5.73 Å². The molecule has 2 N–H and O–H groups in total. The van der Waals surface area contributed by atoms with Crippen LogP contribution in [-0.2, 0) is 10.2 Å². The SMILES string of the molecule is CCCCOC1CC(n2nc(N)cc2C(C)(C)C)C1.